The Bertz CT molecular complexity index is 124. The SMILES string of the molecule is CC(Br)C1CC(=O)CS1. The summed E-state index contributed by atoms with van der Waals surface area (Å²) >= 11 is 5.22. The molecule has 0 spiro atoms. The number of carbonyl (C=O) groups is 1. The van der Waals surface area contributed by atoms with E-state index in [1.54, 1.807) is 11.8 Å². The second kappa shape index (κ2) is 3.06. The van der Waals surface area contributed by atoms with Crippen LogP contribution in [0.25, 0.3) is 0 Å². The minimum absolute atomic E-state index is 0.399. The molecule has 9 heavy (non-hydrogen) atoms. The molecule has 2 atom stereocenters. The van der Waals surface area contributed by atoms with Gasteiger partial charge in [-0.25, -0.2) is 0 Å². The standard InChI is InChI=1S/C6H9BrOS/c1-4(7)6-2-5(8)3-9-6/h4,6H,2-3H2,1H3. The van der Waals surface area contributed by atoms with Crippen molar-refractivity contribution in [3.63, 3.8) is 0 Å². The van der Waals surface area contributed by atoms with Crippen molar-refractivity contribution in [3.05, 3.63) is 0 Å². The first kappa shape index (κ1) is 7.61. The zero-order valence-corrected chi connectivity index (χ0v) is 7.67. The number of rotatable bonds is 1. The van der Waals surface area contributed by atoms with E-state index in [0.717, 1.165) is 12.2 Å². The molecular weight excluding hydrogens is 200 g/mol. The Balaban J connectivity index is 2.39. The lowest BCUT2D eigenvalue weighted by molar-refractivity contribution is -0.116. The maximum absolute atomic E-state index is 10.7. The van der Waals surface area contributed by atoms with Gasteiger partial charge >= 0.3 is 0 Å². The summed E-state index contributed by atoms with van der Waals surface area (Å²) in [4.78, 5) is 11.2. The molecule has 0 aliphatic carbocycles. The summed E-state index contributed by atoms with van der Waals surface area (Å²) in [6.07, 6.45) is 0.761. The van der Waals surface area contributed by atoms with Crippen molar-refractivity contribution in [2.75, 3.05) is 5.75 Å². The lowest BCUT2D eigenvalue weighted by atomic mass is 10.2. The molecule has 3 heteroatoms. The Morgan fingerprint density at radius 3 is 2.78 bits per heavy atom. The van der Waals surface area contributed by atoms with E-state index in [1.807, 2.05) is 0 Å². The number of halogens is 1. The van der Waals surface area contributed by atoms with Crippen molar-refractivity contribution in [2.24, 2.45) is 0 Å². The Morgan fingerprint density at radius 1 is 1.89 bits per heavy atom. The fraction of sp³-hybridized carbons (Fsp3) is 0.833. The molecule has 1 saturated heterocycles. The van der Waals surface area contributed by atoms with Gasteiger partial charge in [0.1, 0.15) is 5.78 Å². The largest absolute Gasteiger partial charge is 0.299 e. The van der Waals surface area contributed by atoms with Gasteiger partial charge in [0.05, 0.1) is 5.75 Å². The summed E-state index contributed by atoms with van der Waals surface area (Å²) in [7, 11) is 0. The molecule has 1 fully saturated rings. The van der Waals surface area contributed by atoms with E-state index in [2.05, 4.69) is 22.9 Å². The lowest BCUT2D eigenvalue weighted by Crippen LogP contribution is -2.10. The molecule has 0 N–H and O–H groups in total. The van der Waals surface area contributed by atoms with Crippen LogP contribution in [0.1, 0.15) is 13.3 Å². The average molecular weight is 209 g/mol. The summed E-state index contributed by atoms with van der Waals surface area (Å²) in [5.41, 5.74) is 0. The number of Topliss-reactive ketones (excluding diaryl/α,β-unsaturated/α-hetero) is 1. The topological polar surface area (TPSA) is 17.1 Å². The highest BCUT2D eigenvalue weighted by molar-refractivity contribution is 9.09. The fourth-order valence-corrected chi connectivity index (χ4v) is 2.57. The zero-order valence-electron chi connectivity index (χ0n) is 5.26. The molecule has 0 aromatic heterocycles. The van der Waals surface area contributed by atoms with E-state index in [-0.39, 0.29) is 0 Å². The van der Waals surface area contributed by atoms with Crippen molar-refractivity contribution in [3.8, 4) is 0 Å². The Labute approximate surface area is 67.7 Å². The van der Waals surface area contributed by atoms with Gasteiger partial charge in [0.2, 0.25) is 0 Å². The second-order valence-electron chi connectivity index (χ2n) is 2.27. The Hall–Kier alpha value is 0.500. The van der Waals surface area contributed by atoms with Gasteiger partial charge in [0, 0.05) is 16.5 Å². The number of hydrogen-bond donors (Lipinski definition) is 0. The summed E-state index contributed by atoms with van der Waals surface area (Å²) in [6.45, 7) is 2.09. The van der Waals surface area contributed by atoms with Crippen LogP contribution >= 0.6 is 27.7 Å². The number of carbonyl (C=O) groups excluding carboxylic acids is 1. The van der Waals surface area contributed by atoms with Crippen LogP contribution in [0, 0.1) is 0 Å². The molecule has 0 aromatic rings. The third-order valence-corrected chi connectivity index (χ3v) is 3.88. The Morgan fingerprint density at radius 2 is 2.56 bits per heavy atom. The van der Waals surface area contributed by atoms with Crippen LogP contribution in [0.4, 0.5) is 0 Å². The van der Waals surface area contributed by atoms with Crippen molar-refractivity contribution >= 4 is 33.5 Å². The molecule has 1 heterocycles. The summed E-state index contributed by atoms with van der Waals surface area (Å²) < 4.78 is 0. The molecule has 0 aromatic carbocycles. The molecule has 0 radical (unpaired) electrons. The highest BCUT2D eigenvalue weighted by Crippen LogP contribution is 2.29. The summed E-state index contributed by atoms with van der Waals surface area (Å²) in [5, 5.41) is 0.525. The fourth-order valence-electron chi connectivity index (χ4n) is 0.837. The number of thioether (sulfide) groups is 1. The van der Waals surface area contributed by atoms with Gasteiger partial charge in [-0.15, -0.1) is 11.8 Å². The highest BCUT2D eigenvalue weighted by Gasteiger charge is 2.25. The molecule has 1 aliphatic heterocycles. The maximum atomic E-state index is 10.7. The van der Waals surface area contributed by atoms with Crippen molar-refractivity contribution in [1.82, 2.24) is 0 Å². The van der Waals surface area contributed by atoms with Crippen molar-refractivity contribution < 1.29 is 4.79 Å². The average Bonchev–Trinajstić information content (AvgIpc) is 2.14. The third kappa shape index (κ3) is 1.97. The first-order valence-electron chi connectivity index (χ1n) is 2.97. The molecule has 1 rings (SSSR count). The van der Waals surface area contributed by atoms with E-state index < -0.39 is 0 Å². The van der Waals surface area contributed by atoms with Crippen molar-refractivity contribution in [1.29, 1.82) is 0 Å². The van der Waals surface area contributed by atoms with Crippen LogP contribution in [0.15, 0.2) is 0 Å². The molecule has 1 nitrogen and oxygen atoms in total. The van der Waals surface area contributed by atoms with E-state index in [4.69, 9.17) is 0 Å². The van der Waals surface area contributed by atoms with E-state index in [0.29, 0.717) is 15.9 Å². The monoisotopic (exact) mass is 208 g/mol. The lowest BCUT2D eigenvalue weighted by Gasteiger charge is -2.07. The first-order chi connectivity index (χ1) is 4.20. The predicted molar refractivity (Wildman–Crippen MR) is 44.3 cm³/mol. The van der Waals surface area contributed by atoms with Gasteiger partial charge < -0.3 is 0 Å². The molecule has 52 valence electrons. The second-order valence-corrected chi connectivity index (χ2v) is 4.94. The Kier molecular flexibility index (Phi) is 2.59. The van der Waals surface area contributed by atoms with E-state index >= 15 is 0 Å². The van der Waals surface area contributed by atoms with E-state index in [9.17, 15) is 4.79 Å². The molecule has 0 bridgehead atoms. The van der Waals surface area contributed by atoms with Gasteiger partial charge in [0.25, 0.3) is 0 Å². The summed E-state index contributed by atoms with van der Waals surface area (Å²) in [5.74, 6) is 1.12. The molecular formula is C6H9BrOS. The van der Waals surface area contributed by atoms with Crippen LogP contribution in [0.5, 0.6) is 0 Å². The van der Waals surface area contributed by atoms with Crippen LogP contribution in [-0.4, -0.2) is 21.6 Å². The molecule has 1 aliphatic rings. The molecule has 2 unspecified atom stereocenters. The number of ketones is 1. The quantitative estimate of drug-likeness (QED) is 0.613. The highest BCUT2D eigenvalue weighted by atomic mass is 79.9. The van der Waals surface area contributed by atoms with Gasteiger partial charge in [-0.2, -0.15) is 0 Å². The summed E-state index contributed by atoms with van der Waals surface area (Å²) in [6, 6.07) is 0. The smallest absolute Gasteiger partial charge is 0.143 e. The maximum Gasteiger partial charge on any atom is 0.143 e. The minimum Gasteiger partial charge on any atom is -0.299 e. The van der Waals surface area contributed by atoms with Gasteiger partial charge in [-0.05, 0) is 0 Å². The molecule has 0 saturated carbocycles. The first-order valence-corrected chi connectivity index (χ1v) is 4.94. The van der Waals surface area contributed by atoms with Crippen LogP contribution in [0.2, 0.25) is 0 Å². The molecule has 0 amide bonds. The van der Waals surface area contributed by atoms with Gasteiger partial charge in [-0.1, -0.05) is 22.9 Å². The number of hydrogen-bond acceptors (Lipinski definition) is 2. The van der Waals surface area contributed by atoms with E-state index in [1.165, 1.54) is 0 Å². The predicted octanol–water partition coefficient (Wildman–Crippen LogP) is 1.84. The third-order valence-electron chi connectivity index (χ3n) is 1.40. The van der Waals surface area contributed by atoms with Gasteiger partial charge in [0.15, 0.2) is 0 Å². The normalized spacial score (nSPS) is 30.9. The van der Waals surface area contributed by atoms with Crippen LogP contribution in [-0.2, 0) is 4.79 Å². The van der Waals surface area contributed by atoms with Crippen LogP contribution < -0.4 is 0 Å². The van der Waals surface area contributed by atoms with Crippen molar-refractivity contribution in [2.45, 2.75) is 23.4 Å². The van der Waals surface area contributed by atoms with Gasteiger partial charge in [-0.3, -0.25) is 4.79 Å². The minimum atomic E-state index is 0.399. The number of alkyl halides is 1. The zero-order chi connectivity index (χ0) is 6.85. The van der Waals surface area contributed by atoms with Crippen LogP contribution in [0.3, 0.4) is 0 Å².